The van der Waals surface area contributed by atoms with Gasteiger partial charge in [0.2, 0.25) is 0 Å². The van der Waals surface area contributed by atoms with Crippen LogP contribution in [-0.2, 0) is 4.74 Å². The minimum absolute atomic E-state index is 0. The molecule has 0 atom stereocenters. The molecule has 0 aromatic heterocycles. The van der Waals surface area contributed by atoms with Crippen LogP contribution in [-0.4, -0.2) is 37.1 Å². The second kappa shape index (κ2) is 8.56. The van der Waals surface area contributed by atoms with Gasteiger partial charge in [0.15, 0.2) is 0 Å². The quantitative estimate of drug-likeness (QED) is 0.724. The Labute approximate surface area is 128 Å². The van der Waals surface area contributed by atoms with E-state index >= 15 is 0 Å². The Morgan fingerprint density at radius 2 is 1.89 bits per heavy atom. The van der Waals surface area contributed by atoms with Crippen molar-refractivity contribution in [2.75, 3.05) is 26.2 Å². The Morgan fingerprint density at radius 3 is 2.58 bits per heavy atom. The fraction of sp³-hybridized carbons (Fsp3) is 0.500. The minimum atomic E-state index is -0.250. The van der Waals surface area contributed by atoms with Crippen molar-refractivity contribution in [3.63, 3.8) is 0 Å². The molecular weight excluding hydrogens is 330 g/mol. The summed E-state index contributed by atoms with van der Waals surface area (Å²) in [6.45, 7) is 3.58. The molecule has 1 fully saturated rings. The van der Waals surface area contributed by atoms with E-state index in [-0.39, 0.29) is 18.4 Å². The standard InChI is InChI=1S/C14H18BrNO2.ClH/c15-13-7-3-2-6-12(13)14(17)18-11-10-16-8-4-1-5-9-16;/h2-3,6-7H,1,4-5,8-11H2;1H/p-1. The highest BCUT2D eigenvalue weighted by Gasteiger charge is 2.13. The van der Waals surface area contributed by atoms with Crippen LogP contribution < -0.4 is 12.4 Å². The SMILES string of the molecule is O=C(OCCN1CCCCC1)c1ccccc1Br.[Cl-]. The molecule has 1 aliphatic rings. The first-order valence-electron chi connectivity index (χ1n) is 6.41. The molecule has 0 saturated carbocycles. The zero-order valence-corrected chi connectivity index (χ0v) is 13.1. The molecular formula is C14H18BrClNO2-. The molecule has 19 heavy (non-hydrogen) atoms. The number of nitrogens with zero attached hydrogens (tertiary/aromatic N) is 1. The number of esters is 1. The summed E-state index contributed by atoms with van der Waals surface area (Å²) in [6.07, 6.45) is 3.85. The van der Waals surface area contributed by atoms with Crippen molar-refractivity contribution in [2.45, 2.75) is 19.3 Å². The molecule has 0 unspecified atom stereocenters. The van der Waals surface area contributed by atoms with Crippen molar-refractivity contribution in [2.24, 2.45) is 0 Å². The van der Waals surface area contributed by atoms with Crippen molar-refractivity contribution < 1.29 is 21.9 Å². The Bertz CT molecular complexity index is 408. The van der Waals surface area contributed by atoms with Crippen LogP contribution >= 0.6 is 15.9 Å². The van der Waals surface area contributed by atoms with E-state index in [2.05, 4.69) is 20.8 Å². The number of likely N-dealkylation sites (tertiary alicyclic amines) is 1. The number of ether oxygens (including phenoxy) is 1. The van der Waals surface area contributed by atoms with Gasteiger partial charge in [0.05, 0.1) is 5.56 Å². The highest BCUT2D eigenvalue weighted by Crippen LogP contribution is 2.16. The third kappa shape index (κ3) is 5.13. The number of rotatable bonds is 4. The van der Waals surface area contributed by atoms with E-state index in [1.54, 1.807) is 6.07 Å². The van der Waals surface area contributed by atoms with Gasteiger partial charge in [0, 0.05) is 11.0 Å². The summed E-state index contributed by atoms with van der Waals surface area (Å²) in [5.41, 5.74) is 0.594. The predicted octanol–water partition coefficient (Wildman–Crippen LogP) is 0.0958. The van der Waals surface area contributed by atoms with Crippen LogP contribution in [0.2, 0.25) is 0 Å². The first-order valence-corrected chi connectivity index (χ1v) is 7.20. The lowest BCUT2D eigenvalue weighted by atomic mass is 10.1. The predicted molar refractivity (Wildman–Crippen MR) is 74.7 cm³/mol. The summed E-state index contributed by atoms with van der Waals surface area (Å²) < 4.78 is 6.09. The second-order valence-electron chi connectivity index (χ2n) is 4.52. The third-order valence-electron chi connectivity index (χ3n) is 3.18. The van der Waals surface area contributed by atoms with E-state index in [1.165, 1.54) is 19.3 Å². The molecule has 106 valence electrons. The van der Waals surface area contributed by atoms with Gasteiger partial charge in [-0.1, -0.05) is 18.6 Å². The molecule has 0 bridgehead atoms. The van der Waals surface area contributed by atoms with Gasteiger partial charge in [-0.05, 0) is 54.0 Å². The highest BCUT2D eigenvalue weighted by atomic mass is 79.9. The summed E-state index contributed by atoms with van der Waals surface area (Å²) in [5, 5.41) is 0. The molecule has 0 radical (unpaired) electrons. The molecule has 5 heteroatoms. The van der Waals surface area contributed by atoms with E-state index in [0.29, 0.717) is 12.2 Å². The largest absolute Gasteiger partial charge is 1.00 e. The van der Waals surface area contributed by atoms with Gasteiger partial charge in [0.25, 0.3) is 0 Å². The molecule has 1 aromatic rings. The maximum absolute atomic E-state index is 11.8. The van der Waals surface area contributed by atoms with E-state index in [1.807, 2.05) is 18.2 Å². The van der Waals surface area contributed by atoms with Crippen LogP contribution in [0.1, 0.15) is 29.6 Å². The maximum Gasteiger partial charge on any atom is 0.339 e. The smallest absolute Gasteiger partial charge is 0.339 e. The minimum Gasteiger partial charge on any atom is -1.00 e. The Kier molecular flexibility index (Phi) is 7.42. The van der Waals surface area contributed by atoms with E-state index in [0.717, 1.165) is 24.1 Å². The number of carbonyl (C=O) groups excluding carboxylic acids is 1. The van der Waals surface area contributed by atoms with Crippen molar-refractivity contribution >= 4 is 21.9 Å². The van der Waals surface area contributed by atoms with Gasteiger partial charge in [0.1, 0.15) is 6.61 Å². The van der Waals surface area contributed by atoms with Gasteiger partial charge < -0.3 is 17.1 Å². The zero-order chi connectivity index (χ0) is 12.8. The van der Waals surface area contributed by atoms with Crippen molar-refractivity contribution in [1.29, 1.82) is 0 Å². The van der Waals surface area contributed by atoms with Crippen molar-refractivity contribution in [1.82, 2.24) is 4.90 Å². The Balaban J connectivity index is 0.00000180. The maximum atomic E-state index is 11.8. The van der Waals surface area contributed by atoms with Crippen LogP contribution in [0.25, 0.3) is 0 Å². The molecule has 1 aliphatic heterocycles. The summed E-state index contributed by atoms with van der Waals surface area (Å²) in [4.78, 5) is 14.2. The van der Waals surface area contributed by atoms with Gasteiger partial charge in [-0.25, -0.2) is 4.79 Å². The van der Waals surface area contributed by atoms with Crippen LogP contribution in [0.4, 0.5) is 0 Å². The summed E-state index contributed by atoms with van der Waals surface area (Å²) in [6, 6.07) is 7.34. The summed E-state index contributed by atoms with van der Waals surface area (Å²) in [7, 11) is 0. The van der Waals surface area contributed by atoms with E-state index in [9.17, 15) is 4.79 Å². The van der Waals surface area contributed by atoms with Gasteiger partial charge in [-0.15, -0.1) is 0 Å². The number of piperidine rings is 1. The normalized spacial score (nSPS) is 15.6. The third-order valence-corrected chi connectivity index (χ3v) is 3.87. The number of hydrogen-bond acceptors (Lipinski definition) is 3. The number of halogens is 2. The number of hydrogen-bond donors (Lipinski definition) is 0. The molecule has 2 rings (SSSR count). The molecule has 1 heterocycles. The molecule has 0 N–H and O–H groups in total. The average Bonchev–Trinajstić information content (AvgIpc) is 2.40. The number of carbonyl (C=O) groups is 1. The van der Waals surface area contributed by atoms with Crippen molar-refractivity contribution in [3.05, 3.63) is 34.3 Å². The first-order chi connectivity index (χ1) is 8.77. The monoisotopic (exact) mass is 346 g/mol. The summed E-state index contributed by atoms with van der Waals surface area (Å²) >= 11 is 3.35. The van der Waals surface area contributed by atoms with Gasteiger partial charge in [-0.2, -0.15) is 0 Å². The molecule has 0 amide bonds. The Hall–Kier alpha value is -0.580. The molecule has 3 nitrogen and oxygen atoms in total. The lowest BCUT2D eigenvalue weighted by molar-refractivity contribution is -0.0000231. The van der Waals surface area contributed by atoms with E-state index in [4.69, 9.17) is 4.74 Å². The van der Waals surface area contributed by atoms with Crippen LogP contribution in [0.3, 0.4) is 0 Å². The van der Waals surface area contributed by atoms with Crippen LogP contribution in [0.5, 0.6) is 0 Å². The molecule has 1 saturated heterocycles. The van der Waals surface area contributed by atoms with Gasteiger partial charge in [-0.3, -0.25) is 4.90 Å². The van der Waals surface area contributed by atoms with Crippen LogP contribution in [0, 0.1) is 0 Å². The van der Waals surface area contributed by atoms with Crippen molar-refractivity contribution in [3.8, 4) is 0 Å². The van der Waals surface area contributed by atoms with E-state index < -0.39 is 0 Å². The summed E-state index contributed by atoms with van der Waals surface area (Å²) in [5.74, 6) is -0.250. The first kappa shape index (κ1) is 16.5. The van der Waals surface area contributed by atoms with Crippen LogP contribution in [0.15, 0.2) is 28.7 Å². The molecule has 1 aromatic carbocycles. The topological polar surface area (TPSA) is 29.5 Å². The lowest BCUT2D eigenvalue weighted by Crippen LogP contribution is -3.00. The fourth-order valence-corrected chi connectivity index (χ4v) is 2.60. The highest BCUT2D eigenvalue weighted by molar-refractivity contribution is 9.10. The Morgan fingerprint density at radius 1 is 1.21 bits per heavy atom. The zero-order valence-electron chi connectivity index (χ0n) is 10.8. The van der Waals surface area contributed by atoms with Gasteiger partial charge >= 0.3 is 5.97 Å². The fourth-order valence-electron chi connectivity index (χ4n) is 2.15. The molecule has 0 aliphatic carbocycles. The molecule has 0 spiro atoms. The lowest BCUT2D eigenvalue weighted by Gasteiger charge is -2.25. The number of benzene rings is 1. The average molecular weight is 348 g/mol. The second-order valence-corrected chi connectivity index (χ2v) is 5.37.